The molecular formula is C66H84N8O12. The molecule has 3 heterocycles. The summed E-state index contributed by atoms with van der Waals surface area (Å²) >= 11 is 0. The molecule has 2 aromatic heterocycles. The number of likely N-dealkylation sites (N-methyl/N-ethyl adjacent to an activating group) is 4. The molecular weight excluding hydrogens is 1100 g/mol. The zero-order valence-electron chi connectivity index (χ0n) is 52.1. The number of rotatable bonds is 16. The third-order valence-electron chi connectivity index (χ3n) is 15.2. The molecule has 2 aromatic carbocycles. The molecule has 0 bridgehead atoms. The van der Waals surface area contributed by atoms with Crippen molar-refractivity contribution in [1.82, 2.24) is 29.6 Å². The average Bonchev–Trinajstić information content (AvgIpc) is 2.74. The molecule has 1 fully saturated rings. The number of nitrogens with zero attached hydrogens (tertiary/aromatic N) is 8. The van der Waals surface area contributed by atoms with Gasteiger partial charge < -0.3 is 38.5 Å². The van der Waals surface area contributed by atoms with Gasteiger partial charge in [0.2, 0.25) is 0 Å². The minimum absolute atomic E-state index is 0.0512. The molecule has 0 unspecified atom stereocenters. The van der Waals surface area contributed by atoms with E-state index in [0.717, 1.165) is 30.7 Å². The van der Waals surface area contributed by atoms with Crippen LogP contribution in [-0.4, -0.2) is 154 Å². The zero-order valence-corrected chi connectivity index (χ0v) is 52.1. The van der Waals surface area contributed by atoms with Crippen molar-refractivity contribution in [2.75, 3.05) is 28.2 Å². The highest BCUT2D eigenvalue weighted by Crippen LogP contribution is 2.26. The number of hydrogen-bond donors (Lipinski definition) is 0. The summed E-state index contributed by atoms with van der Waals surface area (Å²) < 4.78 is 24.2. The lowest BCUT2D eigenvalue weighted by Gasteiger charge is -2.35. The van der Waals surface area contributed by atoms with E-state index in [0.29, 0.717) is 46.2 Å². The number of cyclic esters (lactones) is 4. The van der Waals surface area contributed by atoms with E-state index >= 15 is 9.59 Å². The molecule has 20 heteroatoms. The van der Waals surface area contributed by atoms with Gasteiger partial charge in [0, 0.05) is 78.7 Å². The SMILES string of the molecule is CC(C)C[C@H]1C(=O)O[C@H](Cc2ccc(Cc3cnccc3C#N)cc2)C(=O)N(C)[C@@H](CC(C)C)C(=O)O[C@H](C)C(=O)N(C)[C@@H](CC(C)C)C(=O)O[C@H](Cc2ccc(Cc3cnccc3C#N)cc2)C(=O)N(C)[C@@H](CC(C)C)C(=O)O[C@H](C)C(=O)N1C. The standard InChI is InChI=1S/C66H84N8O12/c1-39(2)27-53-63(79)83-43(9)59(75)71(11)56(30-42(7)8)66(82)86-58(34-48-21-17-46(18-22-48)32-52-38-70-26-24-50(52)36-68)62(78)74(14)54(28-40(3)4)64(80)84-44(10)60(76)72(12)55(29-41(5)6)65(81)85-57(61(77)73(53)13)33-47-19-15-45(16-20-47)31-51-37-69-25-23-49(51)35-67/h15-26,37-44,53-58H,27-34H2,1-14H3/t43-,44-,53+,54+,55+,56+,57-,58-/m1/s1. The van der Waals surface area contributed by atoms with Crippen LogP contribution in [0.3, 0.4) is 0 Å². The van der Waals surface area contributed by atoms with Gasteiger partial charge in [-0.2, -0.15) is 10.5 Å². The van der Waals surface area contributed by atoms with Gasteiger partial charge in [-0.15, -0.1) is 0 Å². The van der Waals surface area contributed by atoms with Crippen LogP contribution >= 0.6 is 0 Å². The molecule has 1 saturated heterocycles. The molecule has 0 saturated carbocycles. The molecule has 1 aliphatic heterocycles. The fourth-order valence-corrected chi connectivity index (χ4v) is 10.3. The van der Waals surface area contributed by atoms with E-state index in [9.17, 15) is 39.3 Å². The summed E-state index contributed by atoms with van der Waals surface area (Å²) in [6.45, 7) is 17.4. The summed E-state index contributed by atoms with van der Waals surface area (Å²) in [6.07, 6.45) is 0.705. The highest BCUT2D eigenvalue weighted by molar-refractivity contribution is 5.94. The molecule has 4 amide bonds. The Morgan fingerprint density at radius 2 is 0.686 bits per heavy atom. The highest BCUT2D eigenvalue weighted by Gasteiger charge is 2.43. The van der Waals surface area contributed by atoms with Crippen LogP contribution in [0.4, 0.5) is 0 Å². The third kappa shape index (κ3) is 18.7. The number of esters is 4. The molecule has 4 aromatic rings. The molecule has 0 radical (unpaired) electrons. The normalized spacial score (nSPS) is 22.1. The van der Waals surface area contributed by atoms with Crippen LogP contribution in [0.15, 0.2) is 85.5 Å². The molecule has 20 nitrogen and oxygen atoms in total. The number of pyridine rings is 2. The largest absolute Gasteiger partial charge is 0.451 e. The smallest absolute Gasteiger partial charge is 0.329 e. The molecule has 0 aliphatic carbocycles. The van der Waals surface area contributed by atoms with Gasteiger partial charge in [0.25, 0.3) is 23.6 Å². The van der Waals surface area contributed by atoms with Gasteiger partial charge in [0.15, 0.2) is 24.4 Å². The number of benzene rings is 2. The van der Waals surface area contributed by atoms with Crippen molar-refractivity contribution < 1.29 is 57.3 Å². The topological polar surface area (TPSA) is 260 Å². The number of nitriles is 2. The summed E-state index contributed by atoms with van der Waals surface area (Å²) in [6, 6.07) is 16.6. The Balaban J connectivity index is 1.59. The van der Waals surface area contributed by atoms with E-state index < -0.39 is 96.1 Å². The van der Waals surface area contributed by atoms with Crippen molar-refractivity contribution in [3.8, 4) is 12.1 Å². The molecule has 5 rings (SSSR count). The van der Waals surface area contributed by atoms with Crippen molar-refractivity contribution in [2.24, 2.45) is 23.7 Å². The fraction of sp³-hybridized carbons (Fsp3) is 0.515. The maximum atomic E-state index is 15.1. The van der Waals surface area contributed by atoms with Crippen LogP contribution in [0.2, 0.25) is 0 Å². The Kier molecular flexibility index (Phi) is 25.1. The number of carbonyl (C=O) groups excluding carboxylic acids is 8. The van der Waals surface area contributed by atoms with Crippen molar-refractivity contribution in [2.45, 2.75) is 169 Å². The summed E-state index contributed by atoms with van der Waals surface area (Å²) in [5.41, 5.74) is 5.13. The summed E-state index contributed by atoms with van der Waals surface area (Å²) in [5.74, 6) is -7.82. The van der Waals surface area contributed by atoms with E-state index in [-0.39, 0.29) is 62.2 Å². The molecule has 460 valence electrons. The number of ether oxygens (including phenoxy) is 4. The zero-order chi connectivity index (χ0) is 63.7. The predicted molar refractivity (Wildman–Crippen MR) is 319 cm³/mol. The average molecular weight is 1180 g/mol. The van der Waals surface area contributed by atoms with Gasteiger partial charge in [0.05, 0.1) is 23.3 Å². The second-order valence-electron chi connectivity index (χ2n) is 24.1. The van der Waals surface area contributed by atoms with Crippen molar-refractivity contribution in [3.63, 3.8) is 0 Å². The highest BCUT2D eigenvalue weighted by atomic mass is 16.6. The van der Waals surface area contributed by atoms with Crippen LogP contribution in [0.1, 0.15) is 139 Å². The summed E-state index contributed by atoms with van der Waals surface area (Å²) in [7, 11) is 5.48. The first-order valence-electron chi connectivity index (χ1n) is 29.3. The second-order valence-corrected chi connectivity index (χ2v) is 24.1. The van der Waals surface area contributed by atoms with E-state index in [1.54, 1.807) is 48.8 Å². The Hall–Kier alpha value is -8.52. The van der Waals surface area contributed by atoms with Crippen molar-refractivity contribution in [1.29, 1.82) is 10.5 Å². The lowest BCUT2D eigenvalue weighted by atomic mass is 9.98. The van der Waals surface area contributed by atoms with E-state index in [4.69, 9.17) is 18.9 Å². The maximum Gasteiger partial charge on any atom is 0.329 e. The fourth-order valence-electron chi connectivity index (χ4n) is 10.3. The summed E-state index contributed by atoms with van der Waals surface area (Å²) in [5, 5.41) is 19.4. The van der Waals surface area contributed by atoms with Crippen LogP contribution in [0, 0.1) is 46.3 Å². The van der Waals surface area contributed by atoms with E-state index in [2.05, 4.69) is 22.1 Å². The number of hydrogen-bond acceptors (Lipinski definition) is 16. The van der Waals surface area contributed by atoms with Crippen LogP contribution in [-0.2, 0) is 83.0 Å². The number of amides is 4. The molecule has 0 N–H and O–H groups in total. The van der Waals surface area contributed by atoms with E-state index in [1.165, 1.54) is 54.4 Å². The van der Waals surface area contributed by atoms with Crippen LogP contribution in [0.25, 0.3) is 0 Å². The third-order valence-corrected chi connectivity index (χ3v) is 15.2. The predicted octanol–water partition coefficient (Wildman–Crippen LogP) is 7.38. The molecule has 1 aliphatic rings. The number of aromatic nitrogens is 2. The van der Waals surface area contributed by atoms with Gasteiger partial charge in [-0.25, -0.2) is 19.2 Å². The first-order valence-corrected chi connectivity index (χ1v) is 29.3. The Bertz CT molecular complexity index is 2890. The first-order chi connectivity index (χ1) is 40.6. The molecule has 0 spiro atoms. The molecule has 86 heavy (non-hydrogen) atoms. The van der Waals surface area contributed by atoms with Gasteiger partial charge in [-0.3, -0.25) is 29.1 Å². The van der Waals surface area contributed by atoms with Crippen molar-refractivity contribution >= 4 is 47.5 Å². The van der Waals surface area contributed by atoms with Gasteiger partial charge in [0.1, 0.15) is 24.2 Å². The number of carbonyl (C=O) groups is 8. The minimum atomic E-state index is -1.58. The quantitative estimate of drug-likeness (QED) is 0.0783. The Morgan fingerprint density at radius 1 is 0.419 bits per heavy atom. The lowest BCUT2D eigenvalue weighted by molar-refractivity contribution is -0.176. The minimum Gasteiger partial charge on any atom is -0.451 e. The van der Waals surface area contributed by atoms with Gasteiger partial charge in [-0.05, 0) is 109 Å². The second kappa shape index (κ2) is 31.6. The van der Waals surface area contributed by atoms with E-state index in [1.807, 2.05) is 79.7 Å². The van der Waals surface area contributed by atoms with Gasteiger partial charge >= 0.3 is 23.9 Å². The lowest BCUT2D eigenvalue weighted by Crippen LogP contribution is -2.55. The van der Waals surface area contributed by atoms with Gasteiger partial charge in [-0.1, -0.05) is 104 Å². The Labute approximate surface area is 506 Å². The molecule has 8 atom stereocenters. The monoisotopic (exact) mass is 1180 g/mol. The summed E-state index contributed by atoms with van der Waals surface area (Å²) in [4.78, 5) is 131. The van der Waals surface area contributed by atoms with Crippen LogP contribution in [0.5, 0.6) is 0 Å². The van der Waals surface area contributed by atoms with Crippen molar-refractivity contribution in [3.05, 3.63) is 130 Å². The first kappa shape index (κ1) is 68.3. The Morgan fingerprint density at radius 3 is 0.965 bits per heavy atom. The van der Waals surface area contributed by atoms with Crippen LogP contribution < -0.4 is 0 Å². The maximum absolute atomic E-state index is 15.1.